The molecule has 0 radical (unpaired) electrons. The van der Waals surface area contributed by atoms with Crippen molar-refractivity contribution in [3.63, 3.8) is 0 Å². The predicted octanol–water partition coefficient (Wildman–Crippen LogP) is 3.90. The lowest BCUT2D eigenvalue weighted by Crippen LogP contribution is -2.04. The van der Waals surface area contributed by atoms with Gasteiger partial charge in [0.1, 0.15) is 5.56 Å². The summed E-state index contributed by atoms with van der Waals surface area (Å²) >= 11 is 3.43. The fourth-order valence-electron chi connectivity index (χ4n) is 1.71. The summed E-state index contributed by atoms with van der Waals surface area (Å²) in [5, 5.41) is 12.3. The van der Waals surface area contributed by atoms with Gasteiger partial charge in [-0.3, -0.25) is 4.98 Å². The van der Waals surface area contributed by atoms with Crippen LogP contribution in [0.4, 0.5) is 11.4 Å². The fraction of sp³-hybridized carbons (Fsp3) is 0.143. The number of carboxylic acids is 1. The molecule has 4 nitrogen and oxygen atoms in total. The summed E-state index contributed by atoms with van der Waals surface area (Å²) in [5.74, 6) is -0.996. The van der Waals surface area contributed by atoms with E-state index in [1.807, 2.05) is 32.0 Å². The average molecular weight is 321 g/mol. The first kappa shape index (κ1) is 13.5. The molecule has 19 heavy (non-hydrogen) atoms. The zero-order valence-corrected chi connectivity index (χ0v) is 12.2. The van der Waals surface area contributed by atoms with Crippen LogP contribution in [-0.4, -0.2) is 16.1 Å². The Bertz CT molecular complexity index is 641. The maximum Gasteiger partial charge on any atom is 0.339 e. The van der Waals surface area contributed by atoms with Crippen molar-refractivity contribution in [2.75, 3.05) is 5.32 Å². The van der Waals surface area contributed by atoms with Gasteiger partial charge in [-0.25, -0.2) is 4.79 Å². The van der Waals surface area contributed by atoms with Crippen molar-refractivity contribution in [2.45, 2.75) is 13.8 Å². The SMILES string of the molecule is Cc1cc(Nc2ccc(Br)c(C)c2)c(C(=O)O)cn1. The number of rotatable bonds is 3. The first-order valence-electron chi connectivity index (χ1n) is 5.70. The molecule has 0 amide bonds. The Morgan fingerprint density at radius 1 is 1.32 bits per heavy atom. The number of aromatic nitrogens is 1. The molecule has 0 saturated heterocycles. The minimum Gasteiger partial charge on any atom is -0.478 e. The first-order valence-corrected chi connectivity index (χ1v) is 6.50. The number of halogens is 1. The molecule has 2 aromatic rings. The number of aromatic carboxylic acids is 1. The summed E-state index contributed by atoms with van der Waals surface area (Å²) in [6.45, 7) is 3.80. The molecular weight excluding hydrogens is 308 g/mol. The van der Waals surface area contributed by atoms with E-state index >= 15 is 0 Å². The Kier molecular flexibility index (Phi) is 3.85. The molecule has 0 aliphatic carbocycles. The van der Waals surface area contributed by atoms with E-state index in [9.17, 15) is 4.79 Å². The van der Waals surface area contributed by atoms with Crippen molar-refractivity contribution in [1.29, 1.82) is 0 Å². The van der Waals surface area contributed by atoms with Crippen molar-refractivity contribution in [3.8, 4) is 0 Å². The van der Waals surface area contributed by atoms with Gasteiger partial charge in [-0.2, -0.15) is 0 Å². The summed E-state index contributed by atoms with van der Waals surface area (Å²) in [6.07, 6.45) is 1.37. The zero-order chi connectivity index (χ0) is 14.0. The van der Waals surface area contributed by atoms with E-state index in [0.717, 1.165) is 21.4 Å². The lowest BCUT2D eigenvalue weighted by Gasteiger charge is -2.11. The van der Waals surface area contributed by atoms with Gasteiger partial charge in [-0.05, 0) is 43.7 Å². The minimum atomic E-state index is -0.996. The van der Waals surface area contributed by atoms with Crippen molar-refractivity contribution < 1.29 is 9.90 Å². The summed E-state index contributed by atoms with van der Waals surface area (Å²) in [5.41, 5.74) is 3.38. The van der Waals surface area contributed by atoms with Gasteiger partial charge in [-0.15, -0.1) is 0 Å². The summed E-state index contributed by atoms with van der Waals surface area (Å²) < 4.78 is 1.02. The van der Waals surface area contributed by atoms with Gasteiger partial charge in [0.15, 0.2) is 0 Å². The van der Waals surface area contributed by atoms with E-state index < -0.39 is 5.97 Å². The van der Waals surface area contributed by atoms with Crippen LogP contribution in [0.15, 0.2) is 34.9 Å². The second-order valence-electron chi connectivity index (χ2n) is 4.27. The lowest BCUT2D eigenvalue weighted by atomic mass is 10.1. The van der Waals surface area contributed by atoms with E-state index in [2.05, 4.69) is 26.2 Å². The minimum absolute atomic E-state index is 0.158. The molecule has 0 fully saturated rings. The number of aryl methyl sites for hydroxylation is 2. The number of hydrogen-bond donors (Lipinski definition) is 2. The van der Waals surface area contributed by atoms with Crippen LogP contribution in [0.5, 0.6) is 0 Å². The van der Waals surface area contributed by atoms with Gasteiger partial charge < -0.3 is 10.4 Å². The number of hydrogen-bond acceptors (Lipinski definition) is 3. The Labute approximate surface area is 119 Å². The number of nitrogens with one attached hydrogen (secondary N) is 1. The normalized spacial score (nSPS) is 10.3. The third kappa shape index (κ3) is 3.12. The highest BCUT2D eigenvalue weighted by atomic mass is 79.9. The molecule has 0 saturated carbocycles. The topological polar surface area (TPSA) is 62.2 Å². The molecule has 0 unspecified atom stereocenters. The maximum atomic E-state index is 11.2. The Balaban J connectivity index is 2.39. The third-order valence-corrected chi connectivity index (χ3v) is 3.60. The van der Waals surface area contributed by atoms with Crippen LogP contribution in [-0.2, 0) is 0 Å². The van der Waals surface area contributed by atoms with Crippen LogP contribution in [0, 0.1) is 13.8 Å². The van der Waals surface area contributed by atoms with E-state index in [0.29, 0.717) is 5.69 Å². The van der Waals surface area contributed by atoms with Crippen LogP contribution >= 0.6 is 15.9 Å². The predicted molar refractivity (Wildman–Crippen MR) is 78.1 cm³/mol. The standard InChI is InChI=1S/C14H13BrN2O2/c1-8-5-10(3-4-12(8)15)17-13-6-9(2)16-7-11(13)14(18)19/h3-7H,1-2H3,(H,16,17)(H,18,19). The fourth-order valence-corrected chi connectivity index (χ4v) is 1.96. The molecule has 0 bridgehead atoms. The van der Waals surface area contributed by atoms with E-state index in [4.69, 9.17) is 5.11 Å². The van der Waals surface area contributed by atoms with Gasteiger partial charge in [-0.1, -0.05) is 15.9 Å². The van der Waals surface area contributed by atoms with Gasteiger partial charge in [0.25, 0.3) is 0 Å². The number of pyridine rings is 1. The molecule has 5 heteroatoms. The summed E-state index contributed by atoms with van der Waals surface area (Å²) in [6, 6.07) is 7.48. The highest BCUT2D eigenvalue weighted by molar-refractivity contribution is 9.10. The van der Waals surface area contributed by atoms with E-state index in [1.54, 1.807) is 6.07 Å². The molecule has 0 spiro atoms. The summed E-state index contributed by atoms with van der Waals surface area (Å²) in [4.78, 5) is 15.2. The molecule has 1 heterocycles. The Morgan fingerprint density at radius 3 is 2.68 bits per heavy atom. The van der Waals surface area contributed by atoms with Crippen LogP contribution in [0.25, 0.3) is 0 Å². The van der Waals surface area contributed by atoms with Crippen molar-refractivity contribution >= 4 is 33.3 Å². The van der Waals surface area contributed by atoms with Crippen LogP contribution in [0.2, 0.25) is 0 Å². The number of benzene rings is 1. The Hall–Kier alpha value is -1.88. The highest BCUT2D eigenvalue weighted by Crippen LogP contribution is 2.25. The van der Waals surface area contributed by atoms with Crippen molar-refractivity contribution in [1.82, 2.24) is 4.98 Å². The number of nitrogens with zero attached hydrogens (tertiary/aromatic N) is 1. The van der Waals surface area contributed by atoms with Crippen LogP contribution < -0.4 is 5.32 Å². The maximum absolute atomic E-state index is 11.2. The van der Waals surface area contributed by atoms with Crippen LogP contribution in [0.3, 0.4) is 0 Å². The van der Waals surface area contributed by atoms with E-state index in [1.165, 1.54) is 6.20 Å². The second kappa shape index (κ2) is 5.40. The molecule has 2 N–H and O–H groups in total. The summed E-state index contributed by atoms with van der Waals surface area (Å²) in [7, 11) is 0. The molecule has 0 atom stereocenters. The molecule has 0 aliphatic heterocycles. The van der Waals surface area contributed by atoms with Gasteiger partial charge in [0, 0.05) is 22.1 Å². The Morgan fingerprint density at radius 2 is 2.05 bits per heavy atom. The quantitative estimate of drug-likeness (QED) is 0.900. The number of carbonyl (C=O) groups is 1. The van der Waals surface area contributed by atoms with Gasteiger partial charge in [0.05, 0.1) is 5.69 Å². The monoisotopic (exact) mass is 320 g/mol. The van der Waals surface area contributed by atoms with Crippen molar-refractivity contribution in [3.05, 3.63) is 51.8 Å². The second-order valence-corrected chi connectivity index (χ2v) is 5.12. The largest absolute Gasteiger partial charge is 0.478 e. The molecule has 2 rings (SSSR count). The van der Waals surface area contributed by atoms with Gasteiger partial charge in [0.2, 0.25) is 0 Å². The molecule has 0 aliphatic rings. The number of anilines is 2. The van der Waals surface area contributed by atoms with Gasteiger partial charge >= 0.3 is 5.97 Å². The lowest BCUT2D eigenvalue weighted by molar-refractivity contribution is 0.0697. The zero-order valence-electron chi connectivity index (χ0n) is 10.6. The average Bonchev–Trinajstić information content (AvgIpc) is 2.33. The number of carboxylic acid groups (broad SMARTS) is 1. The molecule has 1 aromatic carbocycles. The van der Waals surface area contributed by atoms with Crippen molar-refractivity contribution in [2.24, 2.45) is 0 Å². The van der Waals surface area contributed by atoms with E-state index in [-0.39, 0.29) is 5.56 Å². The highest BCUT2D eigenvalue weighted by Gasteiger charge is 2.11. The first-order chi connectivity index (χ1) is 8.97. The third-order valence-electron chi connectivity index (χ3n) is 2.71. The molecule has 98 valence electrons. The smallest absolute Gasteiger partial charge is 0.339 e. The molecular formula is C14H13BrN2O2. The molecule has 1 aromatic heterocycles. The van der Waals surface area contributed by atoms with Crippen LogP contribution in [0.1, 0.15) is 21.6 Å².